The van der Waals surface area contributed by atoms with Gasteiger partial charge in [-0.25, -0.2) is 4.57 Å². The molecule has 0 aliphatic rings. The molecule has 0 heterocycles. The van der Waals surface area contributed by atoms with Crippen molar-refractivity contribution in [2.75, 3.05) is 26.4 Å². The summed E-state index contributed by atoms with van der Waals surface area (Å²) in [6, 6.07) is 0. The SMILES string of the molecule is CCCCC/C=C\C/C=C\CCCCCCCCCC(=O)OCC(COP(=O)(O)OCC(CO)OC(=O)CCCCCCCCCCCCCCCCCCC)OC(=O)CCCCCCCCCCCCCCCCCCC. The lowest BCUT2D eigenvalue weighted by Crippen LogP contribution is -2.30. The third kappa shape index (κ3) is 58.6. The molecule has 0 aromatic heterocycles. The van der Waals surface area contributed by atoms with Crippen LogP contribution in [0.15, 0.2) is 24.3 Å². The van der Waals surface area contributed by atoms with Gasteiger partial charge < -0.3 is 24.2 Å². The molecule has 0 saturated carbocycles. The molecule has 11 nitrogen and oxygen atoms in total. The van der Waals surface area contributed by atoms with Gasteiger partial charge in [-0.05, 0) is 51.4 Å². The van der Waals surface area contributed by atoms with Crippen molar-refractivity contribution < 1.29 is 52.2 Å². The highest BCUT2D eigenvalue weighted by Gasteiger charge is 2.28. The predicted molar refractivity (Wildman–Crippen MR) is 326 cm³/mol. The van der Waals surface area contributed by atoms with Gasteiger partial charge in [0.05, 0.1) is 19.8 Å². The first-order chi connectivity index (χ1) is 38.2. The minimum absolute atomic E-state index is 0.174. The third-order valence-corrected chi connectivity index (χ3v) is 15.8. The second-order valence-corrected chi connectivity index (χ2v) is 24.1. The van der Waals surface area contributed by atoms with Crippen LogP contribution in [-0.4, -0.2) is 66.5 Å². The number of unbranched alkanes of at least 4 members (excludes halogenated alkanes) is 42. The molecule has 78 heavy (non-hydrogen) atoms. The molecule has 3 atom stereocenters. The van der Waals surface area contributed by atoms with Gasteiger partial charge in [0, 0.05) is 19.3 Å². The van der Waals surface area contributed by atoms with E-state index in [9.17, 15) is 28.9 Å². The van der Waals surface area contributed by atoms with Crippen LogP contribution in [0.1, 0.15) is 342 Å². The standard InChI is InChI=1S/C66H125O11P/c1-4-7-10-13-16-19-22-25-28-31-34-37-40-43-46-49-52-55-64(68)73-59-63(77-66(70)57-54-51-48-45-42-39-36-33-30-27-24-21-18-15-12-9-6-3)61-75-78(71,72)74-60-62(58-67)76-65(69)56-53-50-47-44-41-38-35-32-29-26-23-20-17-14-11-8-5-2/h16,19,25,28,62-63,67H,4-15,17-18,20-24,26-27,29-61H2,1-3H3,(H,71,72)/b19-16-,28-25-. The van der Waals surface area contributed by atoms with Crippen LogP contribution < -0.4 is 0 Å². The van der Waals surface area contributed by atoms with E-state index in [1.165, 1.54) is 212 Å². The second kappa shape index (κ2) is 61.0. The molecule has 12 heteroatoms. The quantitative estimate of drug-likeness (QED) is 0.0197. The number of phosphoric acid groups is 1. The molecule has 0 aromatic carbocycles. The van der Waals surface area contributed by atoms with Crippen molar-refractivity contribution >= 4 is 25.7 Å². The van der Waals surface area contributed by atoms with Gasteiger partial charge in [-0.2, -0.15) is 0 Å². The van der Waals surface area contributed by atoms with E-state index in [-0.39, 0.29) is 25.9 Å². The highest BCUT2D eigenvalue weighted by molar-refractivity contribution is 7.47. The number of rotatable bonds is 63. The van der Waals surface area contributed by atoms with Gasteiger partial charge in [-0.3, -0.25) is 23.4 Å². The van der Waals surface area contributed by atoms with E-state index in [1.807, 2.05) is 0 Å². The minimum Gasteiger partial charge on any atom is -0.462 e. The molecule has 0 aliphatic carbocycles. The number of hydrogen-bond donors (Lipinski definition) is 2. The summed E-state index contributed by atoms with van der Waals surface area (Å²) in [6.45, 7) is 4.71. The van der Waals surface area contributed by atoms with Crippen LogP contribution in [0, 0.1) is 0 Å². The van der Waals surface area contributed by atoms with Crippen molar-refractivity contribution in [3.8, 4) is 0 Å². The van der Waals surface area contributed by atoms with Crippen molar-refractivity contribution in [3.05, 3.63) is 24.3 Å². The summed E-state index contributed by atoms with van der Waals surface area (Å²) in [7, 11) is -4.75. The van der Waals surface area contributed by atoms with Gasteiger partial charge in [0.15, 0.2) is 6.10 Å². The molecular formula is C66H125O11P. The smallest absolute Gasteiger partial charge is 0.462 e. The zero-order valence-electron chi connectivity index (χ0n) is 51.2. The third-order valence-electron chi connectivity index (χ3n) is 14.9. The highest BCUT2D eigenvalue weighted by Crippen LogP contribution is 2.43. The van der Waals surface area contributed by atoms with Crippen LogP contribution in [-0.2, 0) is 42.2 Å². The molecule has 0 saturated heterocycles. The average Bonchev–Trinajstić information content (AvgIpc) is 3.43. The van der Waals surface area contributed by atoms with Crippen LogP contribution in [0.3, 0.4) is 0 Å². The number of carbonyl (C=O) groups is 3. The first-order valence-corrected chi connectivity index (χ1v) is 34.7. The van der Waals surface area contributed by atoms with E-state index in [0.29, 0.717) is 19.3 Å². The summed E-state index contributed by atoms with van der Waals surface area (Å²) >= 11 is 0. The number of ether oxygens (including phenoxy) is 3. The van der Waals surface area contributed by atoms with Crippen molar-refractivity contribution in [1.82, 2.24) is 0 Å². The number of esters is 3. The molecule has 0 bridgehead atoms. The average molecular weight is 1130 g/mol. The van der Waals surface area contributed by atoms with Crippen LogP contribution in [0.25, 0.3) is 0 Å². The summed E-state index contributed by atoms with van der Waals surface area (Å²) in [5.74, 6) is -1.44. The molecule has 0 rings (SSSR count). The Morgan fingerprint density at radius 2 is 0.628 bits per heavy atom. The highest BCUT2D eigenvalue weighted by atomic mass is 31.2. The molecule has 0 aromatic rings. The molecule has 3 unspecified atom stereocenters. The molecule has 0 aliphatic heterocycles. The Kier molecular flexibility index (Phi) is 59.4. The molecule has 0 spiro atoms. The lowest BCUT2D eigenvalue weighted by atomic mass is 10.0. The van der Waals surface area contributed by atoms with Gasteiger partial charge in [0.2, 0.25) is 0 Å². The molecule has 2 N–H and O–H groups in total. The van der Waals surface area contributed by atoms with Gasteiger partial charge in [0.1, 0.15) is 12.7 Å². The normalized spacial score (nSPS) is 13.3. The Hall–Kier alpha value is -2.04. The summed E-state index contributed by atoms with van der Waals surface area (Å²) in [6.07, 6.45) is 64.1. The summed E-state index contributed by atoms with van der Waals surface area (Å²) in [5, 5.41) is 9.86. The van der Waals surface area contributed by atoms with E-state index in [4.69, 9.17) is 23.3 Å². The van der Waals surface area contributed by atoms with E-state index in [2.05, 4.69) is 45.1 Å². The zero-order valence-corrected chi connectivity index (χ0v) is 52.1. The molecule has 460 valence electrons. The first-order valence-electron chi connectivity index (χ1n) is 33.2. The number of hydrogen-bond acceptors (Lipinski definition) is 10. The fourth-order valence-corrected chi connectivity index (χ4v) is 10.6. The van der Waals surface area contributed by atoms with E-state index in [1.54, 1.807) is 0 Å². The van der Waals surface area contributed by atoms with Crippen molar-refractivity contribution in [3.63, 3.8) is 0 Å². The maximum atomic E-state index is 13.0. The van der Waals surface area contributed by atoms with Crippen molar-refractivity contribution in [2.45, 2.75) is 354 Å². The van der Waals surface area contributed by atoms with E-state index in [0.717, 1.165) is 70.6 Å². The first kappa shape index (κ1) is 76.0. The Labute approximate surface area is 480 Å². The Balaban J connectivity index is 4.64. The lowest BCUT2D eigenvalue weighted by Gasteiger charge is -2.21. The molecule has 0 radical (unpaired) electrons. The zero-order chi connectivity index (χ0) is 56.9. The number of phosphoric ester groups is 1. The van der Waals surface area contributed by atoms with Crippen LogP contribution in [0.4, 0.5) is 0 Å². The van der Waals surface area contributed by atoms with Crippen molar-refractivity contribution in [2.24, 2.45) is 0 Å². The van der Waals surface area contributed by atoms with Gasteiger partial charge in [-0.1, -0.05) is 295 Å². The summed E-state index contributed by atoms with van der Waals surface area (Å²) in [5.41, 5.74) is 0. The summed E-state index contributed by atoms with van der Waals surface area (Å²) < 4.78 is 39.7. The number of allylic oxidation sites excluding steroid dienone is 4. The number of aliphatic hydroxyl groups excluding tert-OH is 1. The fraction of sp³-hybridized carbons (Fsp3) is 0.894. The maximum absolute atomic E-state index is 13.0. The van der Waals surface area contributed by atoms with E-state index < -0.39 is 57.8 Å². The van der Waals surface area contributed by atoms with Crippen LogP contribution in [0.5, 0.6) is 0 Å². The molecular weight excluding hydrogens is 1000 g/mol. The second-order valence-electron chi connectivity index (χ2n) is 22.7. The molecule has 0 fully saturated rings. The topological polar surface area (TPSA) is 155 Å². The maximum Gasteiger partial charge on any atom is 0.472 e. The van der Waals surface area contributed by atoms with Gasteiger partial charge in [0.25, 0.3) is 0 Å². The largest absolute Gasteiger partial charge is 0.472 e. The fourth-order valence-electron chi connectivity index (χ4n) is 9.80. The number of aliphatic hydroxyl groups is 1. The Bertz CT molecular complexity index is 1400. The van der Waals surface area contributed by atoms with Gasteiger partial charge in [-0.15, -0.1) is 0 Å². The Morgan fingerprint density at radius 3 is 0.974 bits per heavy atom. The van der Waals surface area contributed by atoms with E-state index >= 15 is 0 Å². The monoisotopic (exact) mass is 1120 g/mol. The van der Waals surface area contributed by atoms with Crippen LogP contribution >= 0.6 is 7.82 Å². The molecule has 0 amide bonds. The number of carbonyl (C=O) groups excluding carboxylic acids is 3. The predicted octanol–water partition coefficient (Wildman–Crippen LogP) is 20.2. The minimum atomic E-state index is -4.75. The van der Waals surface area contributed by atoms with Gasteiger partial charge >= 0.3 is 25.7 Å². The Morgan fingerprint density at radius 1 is 0.359 bits per heavy atom. The van der Waals surface area contributed by atoms with Crippen LogP contribution in [0.2, 0.25) is 0 Å². The summed E-state index contributed by atoms with van der Waals surface area (Å²) in [4.78, 5) is 48.8. The lowest BCUT2D eigenvalue weighted by molar-refractivity contribution is -0.161. The van der Waals surface area contributed by atoms with Crippen molar-refractivity contribution in [1.29, 1.82) is 0 Å².